The van der Waals surface area contributed by atoms with E-state index < -0.39 is 29.2 Å². The van der Waals surface area contributed by atoms with Gasteiger partial charge in [0.05, 0.1) is 11.8 Å². The van der Waals surface area contributed by atoms with Crippen molar-refractivity contribution in [3.63, 3.8) is 0 Å². The van der Waals surface area contributed by atoms with Crippen molar-refractivity contribution in [2.24, 2.45) is 23.2 Å². The van der Waals surface area contributed by atoms with Gasteiger partial charge in [0.2, 0.25) is 0 Å². The predicted molar refractivity (Wildman–Crippen MR) is 52.2 cm³/mol. The molecule has 0 aromatic carbocycles. The molecule has 1 fully saturated rings. The summed E-state index contributed by atoms with van der Waals surface area (Å²) < 4.78 is 0. The van der Waals surface area contributed by atoms with Crippen molar-refractivity contribution >= 4 is 11.9 Å². The summed E-state index contributed by atoms with van der Waals surface area (Å²) in [5.41, 5.74) is 0.561. The summed E-state index contributed by atoms with van der Waals surface area (Å²) in [4.78, 5) is 22.2. The molecule has 0 aliphatic heterocycles. The molecule has 4 atom stereocenters. The number of carbonyl (C=O) groups is 2. The van der Waals surface area contributed by atoms with Crippen LogP contribution in [0.5, 0.6) is 0 Å². The average Bonchev–Trinajstić information content (AvgIpc) is 2.51. The van der Waals surface area contributed by atoms with Gasteiger partial charge in [-0.05, 0) is 19.3 Å². The van der Waals surface area contributed by atoms with Crippen LogP contribution in [0.2, 0.25) is 0 Å². The lowest BCUT2D eigenvalue weighted by atomic mass is 9.73. The Labute approximate surface area is 87.6 Å². The highest BCUT2D eigenvalue weighted by Gasteiger charge is 2.60. The number of fused-ring (bicyclic) bond motifs is 2. The fourth-order valence-electron chi connectivity index (χ4n) is 3.34. The van der Waals surface area contributed by atoms with E-state index in [1.54, 1.807) is 0 Å². The van der Waals surface area contributed by atoms with Gasteiger partial charge >= 0.3 is 11.9 Å². The minimum absolute atomic E-state index is 0.0893. The van der Waals surface area contributed by atoms with E-state index >= 15 is 0 Å². The number of carboxylic acids is 2. The van der Waals surface area contributed by atoms with Gasteiger partial charge in [-0.25, -0.2) is 0 Å². The van der Waals surface area contributed by atoms with Crippen LogP contribution in [0.1, 0.15) is 20.3 Å². The highest BCUT2D eigenvalue weighted by molar-refractivity contribution is 5.83. The Morgan fingerprint density at radius 3 is 2.47 bits per heavy atom. The molecule has 0 heterocycles. The van der Waals surface area contributed by atoms with Gasteiger partial charge in [0, 0.05) is 5.41 Å². The zero-order chi connectivity index (χ0) is 11.4. The monoisotopic (exact) mass is 210 g/mol. The normalized spacial score (nSPS) is 42.8. The van der Waals surface area contributed by atoms with Crippen LogP contribution in [0.3, 0.4) is 0 Å². The van der Waals surface area contributed by atoms with Gasteiger partial charge in [-0.3, -0.25) is 9.59 Å². The Bertz CT molecular complexity index is 371. The van der Waals surface area contributed by atoms with Crippen molar-refractivity contribution in [1.82, 2.24) is 0 Å². The van der Waals surface area contributed by atoms with Gasteiger partial charge in [-0.2, -0.15) is 0 Å². The summed E-state index contributed by atoms with van der Waals surface area (Å²) in [7, 11) is 0. The second kappa shape index (κ2) is 2.84. The van der Waals surface area contributed by atoms with E-state index in [9.17, 15) is 9.59 Å². The maximum atomic E-state index is 11.1. The molecule has 82 valence electrons. The van der Waals surface area contributed by atoms with Crippen molar-refractivity contribution < 1.29 is 19.8 Å². The predicted octanol–water partition coefficient (Wildman–Crippen LogP) is 1.37. The van der Waals surface area contributed by atoms with Gasteiger partial charge in [0.15, 0.2) is 0 Å². The molecule has 0 radical (unpaired) electrons. The van der Waals surface area contributed by atoms with Crippen LogP contribution < -0.4 is 0 Å². The third-order valence-electron chi connectivity index (χ3n) is 3.86. The lowest BCUT2D eigenvalue weighted by Gasteiger charge is -2.29. The van der Waals surface area contributed by atoms with E-state index in [1.165, 1.54) is 0 Å². The third kappa shape index (κ3) is 1.20. The molecule has 2 N–H and O–H groups in total. The Morgan fingerprint density at radius 2 is 2.00 bits per heavy atom. The topological polar surface area (TPSA) is 74.6 Å². The molecule has 2 aliphatic carbocycles. The SMILES string of the molecule is CC1=C[C@]2(C)C[C@@H]1[C@@H](C(=O)O)[C@@H]2C(=O)O. The first-order chi connectivity index (χ1) is 6.87. The lowest BCUT2D eigenvalue weighted by Crippen LogP contribution is -2.37. The summed E-state index contributed by atoms with van der Waals surface area (Å²) in [6.45, 7) is 3.74. The largest absolute Gasteiger partial charge is 0.481 e. The van der Waals surface area contributed by atoms with Crippen LogP contribution in [0.15, 0.2) is 11.6 Å². The summed E-state index contributed by atoms with van der Waals surface area (Å²) >= 11 is 0. The highest BCUT2D eigenvalue weighted by atomic mass is 16.4. The van der Waals surface area contributed by atoms with Gasteiger partial charge in [-0.15, -0.1) is 0 Å². The maximum Gasteiger partial charge on any atom is 0.308 e. The number of aliphatic carboxylic acids is 2. The minimum atomic E-state index is -0.990. The molecule has 4 nitrogen and oxygen atoms in total. The maximum absolute atomic E-state index is 11.1. The number of carboxylic acid groups (broad SMARTS) is 2. The van der Waals surface area contributed by atoms with E-state index in [-0.39, 0.29) is 5.92 Å². The molecule has 1 saturated carbocycles. The van der Waals surface area contributed by atoms with Crippen LogP contribution in [-0.2, 0) is 9.59 Å². The molecular weight excluding hydrogens is 196 g/mol. The third-order valence-corrected chi connectivity index (χ3v) is 3.86. The summed E-state index contributed by atoms with van der Waals surface area (Å²) in [6, 6.07) is 0. The first-order valence-electron chi connectivity index (χ1n) is 5.02. The van der Waals surface area contributed by atoms with E-state index in [1.807, 2.05) is 19.9 Å². The Hall–Kier alpha value is -1.32. The zero-order valence-electron chi connectivity index (χ0n) is 8.73. The molecule has 0 aromatic heterocycles. The molecule has 15 heavy (non-hydrogen) atoms. The highest BCUT2D eigenvalue weighted by Crippen LogP contribution is 2.59. The number of hydrogen-bond donors (Lipinski definition) is 2. The molecular formula is C11H14O4. The molecule has 0 saturated heterocycles. The number of rotatable bonds is 2. The smallest absolute Gasteiger partial charge is 0.308 e. The molecule has 2 aliphatic rings. The quantitative estimate of drug-likeness (QED) is 0.675. The minimum Gasteiger partial charge on any atom is -0.481 e. The van der Waals surface area contributed by atoms with Crippen molar-refractivity contribution in [1.29, 1.82) is 0 Å². The fraction of sp³-hybridized carbons (Fsp3) is 0.636. The summed E-state index contributed by atoms with van der Waals surface area (Å²) in [5, 5.41) is 18.2. The van der Waals surface area contributed by atoms with Crippen LogP contribution >= 0.6 is 0 Å². The van der Waals surface area contributed by atoms with Crippen molar-refractivity contribution in [2.75, 3.05) is 0 Å². The molecule has 0 amide bonds. The van der Waals surface area contributed by atoms with Crippen molar-refractivity contribution in [3.8, 4) is 0 Å². The molecule has 0 aromatic rings. The first kappa shape index (κ1) is 10.2. The lowest BCUT2D eigenvalue weighted by molar-refractivity contribution is -0.155. The Morgan fingerprint density at radius 1 is 1.40 bits per heavy atom. The Kier molecular flexibility index (Phi) is 1.93. The number of hydrogen-bond acceptors (Lipinski definition) is 2. The average molecular weight is 210 g/mol. The molecule has 0 spiro atoms. The standard InChI is InChI=1S/C11H14O4/c1-5-3-11(2)4-6(5)7(9(12)13)8(11)10(14)15/h3,6-8H,4H2,1-2H3,(H,12,13)(H,14,15)/t6-,7+,8+,11+/m0/s1. The summed E-state index contributed by atoms with van der Waals surface area (Å²) in [6.07, 6.45) is 2.60. The van der Waals surface area contributed by atoms with Crippen LogP contribution in [-0.4, -0.2) is 22.2 Å². The zero-order valence-corrected chi connectivity index (χ0v) is 8.73. The van der Waals surface area contributed by atoms with E-state index in [2.05, 4.69) is 0 Å². The number of allylic oxidation sites excluding steroid dienone is 2. The molecule has 2 bridgehead atoms. The fourth-order valence-corrected chi connectivity index (χ4v) is 3.34. The molecule has 4 heteroatoms. The Balaban J connectivity index is 2.46. The molecule has 0 unspecified atom stereocenters. The van der Waals surface area contributed by atoms with E-state index in [4.69, 9.17) is 10.2 Å². The second-order valence-corrected chi connectivity index (χ2v) is 4.88. The van der Waals surface area contributed by atoms with Crippen LogP contribution in [0.25, 0.3) is 0 Å². The van der Waals surface area contributed by atoms with Crippen LogP contribution in [0.4, 0.5) is 0 Å². The molecule has 2 rings (SSSR count). The van der Waals surface area contributed by atoms with E-state index in [0.717, 1.165) is 5.57 Å². The van der Waals surface area contributed by atoms with Gasteiger partial charge in [0.25, 0.3) is 0 Å². The van der Waals surface area contributed by atoms with Crippen LogP contribution in [0, 0.1) is 23.2 Å². The van der Waals surface area contributed by atoms with Crippen molar-refractivity contribution in [3.05, 3.63) is 11.6 Å². The van der Waals surface area contributed by atoms with Gasteiger partial charge in [0.1, 0.15) is 0 Å². The second-order valence-electron chi connectivity index (χ2n) is 4.88. The first-order valence-corrected chi connectivity index (χ1v) is 5.02. The summed E-state index contributed by atoms with van der Waals surface area (Å²) in [5.74, 6) is -3.59. The van der Waals surface area contributed by atoms with Gasteiger partial charge in [-0.1, -0.05) is 18.6 Å². The van der Waals surface area contributed by atoms with E-state index in [0.29, 0.717) is 6.42 Å². The van der Waals surface area contributed by atoms with Crippen molar-refractivity contribution in [2.45, 2.75) is 20.3 Å². The van der Waals surface area contributed by atoms with Gasteiger partial charge < -0.3 is 10.2 Å².